The molecular formula is C31H39N. The Hall–Kier alpha value is -2.80. The Morgan fingerprint density at radius 3 is 1.66 bits per heavy atom. The monoisotopic (exact) mass is 425 g/mol. The lowest BCUT2D eigenvalue weighted by molar-refractivity contribution is 0.222. The van der Waals surface area contributed by atoms with E-state index in [1.165, 1.54) is 34.4 Å². The molecule has 3 aromatic rings. The molecule has 1 N–H and O–H groups in total. The summed E-state index contributed by atoms with van der Waals surface area (Å²) < 4.78 is 0. The standard InChI is InChI=1S/C31H39N/c1-7-22(3)31(8-2)24(5)23(4)25(6)32-30-20-28(26-15-11-9-12-16-26)19-29(21-30)27-17-13-10-14-18-27/h8-25,31-32H,2,7H2,1,3-6H3/t22?,23-,24-,25+,31+/m1/s1. The van der Waals surface area contributed by atoms with Gasteiger partial charge in [-0.3, -0.25) is 0 Å². The summed E-state index contributed by atoms with van der Waals surface area (Å²) in [4.78, 5) is 0. The van der Waals surface area contributed by atoms with Crippen LogP contribution < -0.4 is 5.32 Å². The Kier molecular flexibility index (Phi) is 8.33. The molecule has 3 aromatic carbocycles. The van der Waals surface area contributed by atoms with Gasteiger partial charge in [0.15, 0.2) is 0 Å². The summed E-state index contributed by atoms with van der Waals surface area (Å²) >= 11 is 0. The van der Waals surface area contributed by atoms with E-state index in [0.717, 1.165) is 0 Å². The molecule has 0 aliphatic heterocycles. The zero-order valence-electron chi connectivity index (χ0n) is 20.4. The molecule has 168 valence electrons. The van der Waals surface area contributed by atoms with Crippen LogP contribution in [0.3, 0.4) is 0 Å². The van der Waals surface area contributed by atoms with Gasteiger partial charge in [0.2, 0.25) is 0 Å². The molecule has 0 aliphatic rings. The Balaban J connectivity index is 1.90. The maximum atomic E-state index is 4.15. The third kappa shape index (κ3) is 5.71. The average Bonchev–Trinajstić information content (AvgIpc) is 2.84. The lowest BCUT2D eigenvalue weighted by Gasteiger charge is -2.34. The zero-order chi connectivity index (χ0) is 23.1. The maximum absolute atomic E-state index is 4.15. The molecule has 1 nitrogen and oxygen atoms in total. The van der Waals surface area contributed by atoms with E-state index < -0.39 is 0 Å². The molecule has 5 atom stereocenters. The van der Waals surface area contributed by atoms with Crippen LogP contribution in [0.25, 0.3) is 22.3 Å². The van der Waals surface area contributed by atoms with E-state index in [1.54, 1.807) is 0 Å². The minimum atomic E-state index is 0.353. The molecule has 0 aliphatic carbocycles. The third-order valence-electron chi connectivity index (χ3n) is 7.34. The van der Waals surface area contributed by atoms with Crippen molar-refractivity contribution in [3.8, 4) is 22.3 Å². The molecule has 0 amide bonds. The first-order valence-electron chi connectivity index (χ1n) is 12.1. The normalized spacial score (nSPS) is 15.9. The SMILES string of the molecule is C=C[C@@H](C(C)CC)[C@H](C)[C@@H](C)[C@H](C)Nc1cc(-c2ccccc2)cc(-c2ccccc2)c1. The van der Waals surface area contributed by atoms with Gasteiger partial charge >= 0.3 is 0 Å². The Labute approximate surface area is 195 Å². The fourth-order valence-corrected chi connectivity index (χ4v) is 4.74. The molecule has 0 bridgehead atoms. The van der Waals surface area contributed by atoms with Crippen molar-refractivity contribution in [3.05, 3.63) is 91.5 Å². The first kappa shape index (κ1) is 23.9. The number of allylic oxidation sites excluding steroid dienone is 1. The van der Waals surface area contributed by atoms with Gasteiger partial charge in [0.25, 0.3) is 0 Å². The van der Waals surface area contributed by atoms with Crippen molar-refractivity contribution in [3.63, 3.8) is 0 Å². The van der Waals surface area contributed by atoms with Crippen LogP contribution in [0.15, 0.2) is 91.5 Å². The molecule has 0 heterocycles. The van der Waals surface area contributed by atoms with E-state index in [0.29, 0.717) is 29.7 Å². The van der Waals surface area contributed by atoms with Gasteiger partial charge in [-0.2, -0.15) is 0 Å². The molecule has 32 heavy (non-hydrogen) atoms. The minimum Gasteiger partial charge on any atom is -0.382 e. The van der Waals surface area contributed by atoms with E-state index in [9.17, 15) is 0 Å². The Morgan fingerprint density at radius 2 is 1.22 bits per heavy atom. The van der Waals surface area contributed by atoms with Crippen LogP contribution in [0.2, 0.25) is 0 Å². The lowest BCUT2D eigenvalue weighted by atomic mass is 9.74. The number of hydrogen-bond acceptors (Lipinski definition) is 1. The van der Waals surface area contributed by atoms with E-state index >= 15 is 0 Å². The number of rotatable bonds is 10. The van der Waals surface area contributed by atoms with E-state index in [-0.39, 0.29) is 0 Å². The lowest BCUT2D eigenvalue weighted by Crippen LogP contribution is -2.33. The average molecular weight is 426 g/mol. The van der Waals surface area contributed by atoms with Crippen LogP contribution in [0.1, 0.15) is 41.0 Å². The summed E-state index contributed by atoms with van der Waals surface area (Å²) in [6.07, 6.45) is 3.36. The molecule has 0 aromatic heterocycles. The van der Waals surface area contributed by atoms with E-state index in [4.69, 9.17) is 0 Å². The third-order valence-corrected chi connectivity index (χ3v) is 7.34. The highest BCUT2D eigenvalue weighted by Crippen LogP contribution is 2.34. The molecule has 1 unspecified atom stereocenters. The van der Waals surface area contributed by atoms with Gasteiger partial charge in [0.05, 0.1) is 0 Å². The van der Waals surface area contributed by atoms with Gasteiger partial charge in [-0.25, -0.2) is 0 Å². The van der Waals surface area contributed by atoms with Crippen LogP contribution >= 0.6 is 0 Å². The minimum absolute atomic E-state index is 0.353. The highest BCUT2D eigenvalue weighted by atomic mass is 14.9. The fraction of sp³-hybridized carbons (Fsp3) is 0.355. The predicted octanol–water partition coefficient (Wildman–Crippen LogP) is 8.94. The van der Waals surface area contributed by atoms with E-state index in [1.807, 2.05) is 0 Å². The Morgan fingerprint density at radius 1 is 0.719 bits per heavy atom. The molecule has 0 radical (unpaired) electrons. The molecule has 3 rings (SSSR count). The van der Waals surface area contributed by atoms with Crippen LogP contribution in [0.4, 0.5) is 5.69 Å². The number of nitrogens with one attached hydrogen (secondary N) is 1. The van der Waals surface area contributed by atoms with Crippen molar-refractivity contribution < 1.29 is 0 Å². The molecule has 0 saturated heterocycles. The molecular weight excluding hydrogens is 386 g/mol. The van der Waals surface area contributed by atoms with Crippen molar-refractivity contribution in [2.45, 2.75) is 47.1 Å². The van der Waals surface area contributed by atoms with Crippen LogP contribution in [0.5, 0.6) is 0 Å². The largest absolute Gasteiger partial charge is 0.382 e. The van der Waals surface area contributed by atoms with E-state index in [2.05, 4.69) is 131 Å². The number of benzene rings is 3. The first-order valence-corrected chi connectivity index (χ1v) is 12.1. The van der Waals surface area contributed by atoms with Crippen LogP contribution in [-0.4, -0.2) is 6.04 Å². The summed E-state index contributed by atoms with van der Waals surface area (Å²) in [5.41, 5.74) is 6.14. The van der Waals surface area contributed by atoms with Crippen molar-refractivity contribution in [1.29, 1.82) is 0 Å². The highest BCUT2D eigenvalue weighted by Gasteiger charge is 2.27. The molecule has 0 spiro atoms. The quantitative estimate of drug-likeness (QED) is 0.320. The summed E-state index contributed by atoms with van der Waals surface area (Å²) in [5, 5.41) is 3.84. The highest BCUT2D eigenvalue weighted by molar-refractivity contribution is 5.78. The summed E-state index contributed by atoms with van der Waals surface area (Å²) in [6.45, 7) is 15.9. The second kappa shape index (κ2) is 11.2. The number of hydrogen-bond donors (Lipinski definition) is 1. The second-order valence-corrected chi connectivity index (χ2v) is 9.38. The van der Waals surface area contributed by atoms with Crippen molar-refractivity contribution in [2.24, 2.45) is 23.7 Å². The molecule has 0 saturated carbocycles. The van der Waals surface area contributed by atoms with Gasteiger partial charge in [-0.05, 0) is 71.0 Å². The summed E-state index contributed by atoms with van der Waals surface area (Å²) in [5.74, 6) is 2.28. The van der Waals surface area contributed by atoms with Crippen LogP contribution in [-0.2, 0) is 0 Å². The fourth-order valence-electron chi connectivity index (χ4n) is 4.74. The second-order valence-electron chi connectivity index (χ2n) is 9.38. The predicted molar refractivity (Wildman–Crippen MR) is 142 cm³/mol. The van der Waals surface area contributed by atoms with Gasteiger partial charge < -0.3 is 5.32 Å². The summed E-state index contributed by atoms with van der Waals surface area (Å²) in [6, 6.07) is 28.5. The molecule has 0 fully saturated rings. The zero-order valence-corrected chi connectivity index (χ0v) is 20.4. The van der Waals surface area contributed by atoms with Gasteiger partial charge in [-0.1, -0.05) is 101 Å². The van der Waals surface area contributed by atoms with Gasteiger partial charge in [0.1, 0.15) is 0 Å². The smallest absolute Gasteiger partial charge is 0.0354 e. The van der Waals surface area contributed by atoms with Crippen molar-refractivity contribution >= 4 is 5.69 Å². The maximum Gasteiger partial charge on any atom is 0.0354 e. The van der Waals surface area contributed by atoms with Crippen LogP contribution in [0, 0.1) is 23.7 Å². The van der Waals surface area contributed by atoms with Crippen molar-refractivity contribution in [2.75, 3.05) is 5.32 Å². The van der Waals surface area contributed by atoms with Gasteiger partial charge in [0, 0.05) is 11.7 Å². The summed E-state index contributed by atoms with van der Waals surface area (Å²) in [7, 11) is 0. The molecule has 1 heteroatoms. The van der Waals surface area contributed by atoms with Crippen molar-refractivity contribution in [1.82, 2.24) is 0 Å². The first-order chi connectivity index (χ1) is 15.4. The Bertz CT molecular complexity index is 918. The topological polar surface area (TPSA) is 12.0 Å². The number of anilines is 1. The van der Waals surface area contributed by atoms with Gasteiger partial charge in [-0.15, -0.1) is 6.58 Å².